The highest BCUT2D eigenvalue weighted by atomic mass is 28.3. The zero-order valence-electron chi connectivity index (χ0n) is 14.7. The number of hydrogen-bond acceptors (Lipinski definition) is 0. The quantitative estimate of drug-likeness (QED) is 0.366. The first-order chi connectivity index (χ1) is 11.4. The van der Waals surface area contributed by atoms with E-state index in [4.69, 9.17) is 0 Å². The zero-order chi connectivity index (χ0) is 16.2. The van der Waals surface area contributed by atoms with Crippen molar-refractivity contribution in [2.24, 2.45) is 0 Å². The van der Waals surface area contributed by atoms with Crippen LogP contribution >= 0.6 is 0 Å². The molecule has 0 saturated heterocycles. The summed E-state index contributed by atoms with van der Waals surface area (Å²) in [7, 11) is -0.821. The fraction of sp³-hybridized carbons (Fsp3) is 0.455. The van der Waals surface area contributed by atoms with Gasteiger partial charge in [-0.1, -0.05) is 123 Å². The smallest absolute Gasteiger partial charge is 0.0654 e. The van der Waals surface area contributed by atoms with E-state index < -0.39 is 8.80 Å². The standard InChI is InChI=1S/C22H32Si/c1-2-3-4-5-6-13-19-23(22-16-11-8-12-17-22)20-18-21-14-9-7-10-15-21/h7-12,14-17,23H,2-6,13,18-20H2,1H3. The van der Waals surface area contributed by atoms with Gasteiger partial charge in [0.05, 0.1) is 8.80 Å². The molecule has 0 N–H and O–H groups in total. The van der Waals surface area contributed by atoms with E-state index in [2.05, 4.69) is 67.6 Å². The topological polar surface area (TPSA) is 0 Å². The molecule has 2 aromatic rings. The summed E-state index contributed by atoms with van der Waals surface area (Å²) in [6.45, 7) is 2.29. The molecule has 0 fully saturated rings. The van der Waals surface area contributed by atoms with Crippen molar-refractivity contribution in [3.05, 3.63) is 66.2 Å². The highest BCUT2D eigenvalue weighted by molar-refractivity contribution is 6.73. The van der Waals surface area contributed by atoms with Crippen LogP contribution in [0.5, 0.6) is 0 Å². The van der Waals surface area contributed by atoms with Crippen molar-refractivity contribution in [3.63, 3.8) is 0 Å². The van der Waals surface area contributed by atoms with Crippen molar-refractivity contribution in [2.45, 2.75) is 64.0 Å². The van der Waals surface area contributed by atoms with E-state index in [9.17, 15) is 0 Å². The molecular weight excluding hydrogens is 292 g/mol. The van der Waals surface area contributed by atoms with Crippen molar-refractivity contribution in [2.75, 3.05) is 0 Å². The van der Waals surface area contributed by atoms with Crippen LogP contribution in [0.25, 0.3) is 0 Å². The van der Waals surface area contributed by atoms with Gasteiger partial charge in [-0.3, -0.25) is 0 Å². The first-order valence-electron chi connectivity index (χ1n) is 9.49. The molecule has 2 rings (SSSR count). The van der Waals surface area contributed by atoms with Gasteiger partial charge in [-0.15, -0.1) is 0 Å². The van der Waals surface area contributed by atoms with Gasteiger partial charge < -0.3 is 0 Å². The summed E-state index contributed by atoms with van der Waals surface area (Å²) in [5.74, 6) is 0. The van der Waals surface area contributed by atoms with Gasteiger partial charge in [-0.2, -0.15) is 0 Å². The normalized spacial score (nSPS) is 12.2. The summed E-state index contributed by atoms with van der Waals surface area (Å²) in [5.41, 5.74) is 1.50. The van der Waals surface area contributed by atoms with Gasteiger partial charge in [0.1, 0.15) is 0 Å². The lowest BCUT2D eigenvalue weighted by Crippen LogP contribution is -2.30. The third-order valence-corrected chi connectivity index (χ3v) is 8.22. The molecule has 0 radical (unpaired) electrons. The molecule has 1 heteroatoms. The van der Waals surface area contributed by atoms with E-state index in [0.717, 1.165) is 0 Å². The molecule has 0 bridgehead atoms. The summed E-state index contributed by atoms with van der Waals surface area (Å²) in [6.07, 6.45) is 9.74. The van der Waals surface area contributed by atoms with Crippen molar-refractivity contribution >= 4 is 14.0 Å². The molecule has 0 aromatic heterocycles. The van der Waals surface area contributed by atoms with E-state index in [1.165, 1.54) is 62.6 Å². The molecule has 0 heterocycles. The van der Waals surface area contributed by atoms with Gasteiger partial charge in [-0.05, 0) is 12.0 Å². The number of unbranched alkanes of at least 4 members (excludes halogenated alkanes) is 5. The molecule has 0 saturated carbocycles. The summed E-state index contributed by atoms with van der Waals surface area (Å²) in [4.78, 5) is 0. The van der Waals surface area contributed by atoms with Crippen LogP contribution < -0.4 is 5.19 Å². The SMILES string of the molecule is CCCCCCCC[SiH](CCc1ccccc1)c1ccccc1. The van der Waals surface area contributed by atoms with E-state index in [0.29, 0.717) is 0 Å². The summed E-state index contributed by atoms with van der Waals surface area (Å²) in [6, 6.07) is 25.2. The molecule has 0 amide bonds. The largest absolute Gasteiger partial charge is 0.0711 e. The van der Waals surface area contributed by atoms with Gasteiger partial charge >= 0.3 is 0 Å². The van der Waals surface area contributed by atoms with Gasteiger partial charge in [0, 0.05) is 0 Å². The van der Waals surface area contributed by atoms with Crippen LogP contribution in [0.2, 0.25) is 12.1 Å². The molecule has 2 aromatic carbocycles. The Balaban J connectivity index is 1.83. The van der Waals surface area contributed by atoms with Crippen molar-refractivity contribution in [1.29, 1.82) is 0 Å². The van der Waals surface area contributed by atoms with E-state index in [-0.39, 0.29) is 0 Å². The lowest BCUT2D eigenvalue weighted by Gasteiger charge is -2.16. The molecule has 0 aliphatic rings. The van der Waals surface area contributed by atoms with Crippen molar-refractivity contribution in [3.8, 4) is 0 Å². The van der Waals surface area contributed by atoms with Crippen LogP contribution in [0.15, 0.2) is 60.7 Å². The summed E-state index contributed by atoms with van der Waals surface area (Å²) >= 11 is 0. The lowest BCUT2D eigenvalue weighted by atomic mass is 10.1. The fourth-order valence-electron chi connectivity index (χ4n) is 3.36. The Kier molecular flexibility index (Phi) is 8.79. The first-order valence-corrected chi connectivity index (χ1v) is 11.7. The van der Waals surface area contributed by atoms with Gasteiger partial charge in [0.15, 0.2) is 0 Å². The summed E-state index contributed by atoms with van der Waals surface area (Å²) in [5, 5.41) is 1.66. The summed E-state index contributed by atoms with van der Waals surface area (Å²) < 4.78 is 0. The molecule has 1 unspecified atom stereocenters. The monoisotopic (exact) mass is 324 g/mol. The van der Waals surface area contributed by atoms with Crippen LogP contribution in [0.4, 0.5) is 0 Å². The second kappa shape index (κ2) is 11.2. The third kappa shape index (κ3) is 7.17. The molecule has 0 aliphatic heterocycles. The predicted molar refractivity (Wildman–Crippen MR) is 106 cm³/mol. The number of benzene rings is 2. The Morgan fingerprint density at radius 2 is 1.26 bits per heavy atom. The molecule has 1 atom stereocenters. The zero-order valence-corrected chi connectivity index (χ0v) is 15.9. The van der Waals surface area contributed by atoms with Crippen molar-refractivity contribution < 1.29 is 0 Å². The Morgan fingerprint density at radius 1 is 0.652 bits per heavy atom. The minimum absolute atomic E-state index is 0.821. The Morgan fingerprint density at radius 3 is 1.96 bits per heavy atom. The Bertz CT molecular complexity index is 506. The molecule has 0 aliphatic carbocycles. The minimum Gasteiger partial charge on any atom is -0.0654 e. The molecule has 0 nitrogen and oxygen atoms in total. The van der Waals surface area contributed by atoms with Gasteiger partial charge in [-0.25, -0.2) is 0 Å². The molecular formula is C22H32Si. The maximum absolute atomic E-state index is 2.37. The van der Waals surface area contributed by atoms with E-state index in [1.807, 2.05) is 0 Å². The average Bonchev–Trinajstić information content (AvgIpc) is 2.62. The second-order valence-corrected chi connectivity index (χ2v) is 9.90. The van der Waals surface area contributed by atoms with Crippen LogP contribution in [0.3, 0.4) is 0 Å². The average molecular weight is 325 g/mol. The fourth-order valence-corrected chi connectivity index (χ4v) is 6.54. The maximum Gasteiger partial charge on any atom is 0.0711 e. The lowest BCUT2D eigenvalue weighted by molar-refractivity contribution is 0.623. The van der Waals surface area contributed by atoms with E-state index in [1.54, 1.807) is 5.19 Å². The van der Waals surface area contributed by atoms with Gasteiger partial charge in [0.25, 0.3) is 0 Å². The number of hydrogen-bond donors (Lipinski definition) is 0. The van der Waals surface area contributed by atoms with Gasteiger partial charge in [0.2, 0.25) is 0 Å². The first kappa shape index (κ1) is 18.0. The predicted octanol–water partition coefficient (Wildman–Crippen LogP) is 5.72. The Hall–Kier alpha value is -1.34. The van der Waals surface area contributed by atoms with E-state index >= 15 is 0 Å². The third-order valence-electron chi connectivity index (χ3n) is 4.80. The highest BCUT2D eigenvalue weighted by Crippen LogP contribution is 2.14. The molecule has 23 heavy (non-hydrogen) atoms. The second-order valence-electron chi connectivity index (χ2n) is 6.69. The maximum atomic E-state index is 2.37. The number of rotatable bonds is 11. The van der Waals surface area contributed by atoms with Crippen LogP contribution in [0.1, 0.15) is 51.0 Å². The number of aryl methyl sites for hydroxylation is 1. The highest BCUT2D eigenvalue weighted by Gasteiger charge is 2.13. The van der Waals surface area contributed by atoms with Crippen LogP contribution in [-0.4, -0.2) is 8.80 Å². The van der Waals surface area contributed by atoms with Crippen LogP contribution in [-0.2, 0) is 6.42 Å². The molecule has 0 spiro atoms. The van der Waals surface area contributed by atoms with Crippen molar-refractivity contribution in [1.82, 2.24) is 0 Å². The minimum atomic E-state index is -0.821. The van der Waals surface area contributed by atoms with Crippen LogP contribution in [0, 0.1) is 0 Å². The Labute approximate surface area is 144 Å². The molecule has 124 valence electrons.